The molecule has 0 saturated heterocycles. The number of aliphatic imine (C=N–C) groups is 1. The van der Waals surface area contributed by atoms with Gasteiger partial charge in [0.1, 0.15) is 10.6 Å². The molecule has 0 fully saturated rings. The van der Waals surface area contributed by atoms with E-state index >= 15 is 0 Å². The fourth-order valence-corrected chi connectivity index (χ4v) is 3.89. The van der Waals surface area contributed by atoms with Gasteiger partial charge in [-0.25, -0.2) is 9.97 Å². The Morgan fingerprint density at radius 1 is 1.30 bits per heavy atom. The summed E-state index contributed by atoms with van der Waals surface area (Å²) in [6.07, 6.45) is 8.66. The molecule has 0 atom stereocenters. The maximum Gasteiger partial charge on any atom is 0.138 e. The molecule has 0 aliphatic rings. The quantitative estimate of drug-likeness (QED) is 0.340. The molecule has 5 nitrogen and oxygen atoms in total. The van der Waals surface area contributed by atoms with Crippen molar-refractivity contribution >= 4 is 34.7 Å². The average molecular weight is 372 g/mol. The largest absolute Gasteiger partial charge is 0.464 e. The van der Waals surface area contributed by atoms with Gasteiger partial charge in [-0.3, -0.25) is 9.98 Å². The zero-order valence-corrected chi connectivity index (χ0v) is 15.5. The van der Waals surface area contributed by atoms with Crippen molar-refractivity contribution in [2.24, 2.45) is 4.99 Å². The van der Waals surface area contributed by atoms with Crippen LogP contribution in [0.5, 0.6) is 0 Å². The van der Waals surface area contributed by atoms with E-state index < -0.39 is 0 Å². The number of nitrogens with zero attached hydrogens (tertiary/aromatic N) is 4. The fourth-order valence-electron chi connectivity index (χ4n) is 2.83. The van der Waals surface area contributed by atoms with Crippen LogP contribution in [0.2, 0.25) is 0 Å². The Hall–Kier alpha value is -3.38. The molecular weight excluding hydrogens is 356 g/mol. The summed E-state index contributed by atoms with van der Waals surface area (Å²) in [5.74, 6) is 0. The maximum atomic E-state index is 5.64. The van der Waals surface area contributed by atoms with E-state index in [0.29, 0.717) is 11.4 Å². The maximum absolute atomic E-state index is 5.64. The summed E-state index contributed by atoms with van der Waals surface area (Å²) in [4.78, 5) is 18.8. The minimum Gasteiger partial charge on any atom is -0.464 e. The summed E-state index contributed by atoms with van der Waals surface area (Å²) < 4.78 is 5.64. The van der Waals surface area contributed by atoms with E-state index in [-0.39, 0.29) is 0 Å². The summed E-state index contributed by atoms with van der Waals surface area (Å²) in [5, 5.41) is 1.84. The number of hydrogen-bond acceptors (Lipinski definition) is 6. The van der Waals surface area contributed by atoms with Crippen molar-refractivity contribution in [1.82, 2.24) is 15.0 Å². The lowest BCUT2D eigenvalue weighted by molar-refractivity contribution is 0.615. The second-order valence-electron chi connectivity index (χ2n) is 5.81. The first-order chi connectivity index (χ1) is 13.2. The van der Waals surface area contributed by atoms with Crippen LogP contribution in [0.1, 0.15) is 11.4 Å². The zero-order chi connectivity index (χ0) is 18.8. The molecule has 4 heterocycles. The predicted octanol–water partition coefficient (Wildman–Crippen LogP) is 5.55. The Morgan fingerprint density at radius 2 is 2.19 bits per heavy atom. The highest BCUT2D eigenvalue weighted by atomic mass is 32.1. The third-order valence-electron chi connectivity index (χ3n) is 4.08. The zero-order valence-electron chi connectivity index (χ0n) is 14.7. The van der Waals surface area contributed by atoms with Crippen LogP contribution in [0.15, 0.2) is 71.1 Å². The molecule has 132 valence electrons. The minimum atomic E-state index is 0.638. The van der Waals surface area contributed by atoms with Crippen LogP contribution < -0.4 is 0 Å². The third kappa shape index (κ3) is 3.11. The SMILES string of the molecule is C=C/C=C(\N=C)c1cc2occc2c(-c2sc(-c3cccnc3)nc2C)n1. The molecule has 27 heavy (non-hydrogen) atoms. The molecule has 0 amide bonds. The molecule has 0 aliphatic carbocycles. The monoisotopic (exact) mass is 372 g/mol. The average Bonchev–Trinajstić information content (AvgIpc) is 3.32. The first-order valence-corrected chi connectivity index (χ1v) is 9.09. The van der Waals surface area contributed by atoms with Crippen molar-refractivity contribution < 1.29 is 4.42 Å². The lowest BCUT2D eigenvalue weighted by Crippen LogP contribution is -1.92. The Morgan fingerprint density at radius 3 is 2.93 bits per heavy atom. The predicted molar refractivity (Wildman–Crippen MR) is 111 cm³/mol. The van der Waals surface area contributed by atoms with Crippen molar-refractivity contribution in [2.75, 3.05) is 0 Å². The van der Waals surface area contributed by atoms with Crippen molar-refractivity contribution in [2.45, 2.75) is 6.92 Å². The summed E-state index contributed by atoms with van der Waals surface area (Å²) >= 11 is 1.58. The number of rotatable bonds is 5. The Balaban J connectivity index is 1.93. The van der Waals surface area contributed by atoms with Gasteiger partial charge in [-0.1, -0.05) is 12.7 Å². The summed E-state index contributed by atoms with van der Waals surface area (Å²) in [7, 11) is 0. The van der Waals surface area contributed by atoms with E-state index in [2.05, 4.69) is 23.3 Å². The van der Waals surface area contributed by atoms with Crippen LogP contribution in [-0.4, -0.2) is 21.7 Å². The van der Waals surface area contributed by atoms with Gasteiger partial charge in [0.05, 0.1) is 33.9 Å². The number of allylic oxidation sites excluding steroid dienone is 2. The lowest BCUT2D eigenvalue weighted by Gasteiger charge is -2.05. The third-order valence-corrected chi connectivity index (χ3v) is 5.29. The molecule has 0 spiro atoms. The molecular formula is C21H16N4OS. The van der Waals surface area contributed by atoms with Crippen molar-refractivity contribution in [1.29, 1.82) is 0 Å². The van der Waals surface area contributed by atoms with E-state index in [1.807, 2.05) is 37.4 Å². The van der Waals surface area contributed by atoms with Crippen LogP contribution >= 0.6 is 11.3 Å². The Bertz CT molecular complexity index is 1170. The molecule has 0 bridgehead atoms. The molecule has 4 aromatic heterocycles. The van der Waals surface area contributed by atoms with Crippen LogP contribution in [0.4, 0.5) is 0 Å². The summed E-state index contributed by atoms with van der Waals surface area (Å²) in [6, 6.07) is 7.68. The normalized spacial score (nSPS) is 11.7. The number of pyridine rings is 2. The standard InChI is InChI=1S/C21H16N4OS/c1-4-6-16(22-3)17-11-18-15(8-10-26-18)19(25-17)20-13(2)24-21(27-20)14-7-5-9-23-12-14/h4-12H,1,3H2,2H3/b16-6-. The molecule has 0 aliphatic heterocycles. The van der Waals surface area contributed by atoms with E-state index in [4.69, 9.17) is 14.4 Å². The first kappa shape index (κ1) is 17.1. The number of hydrogen-bond donors (Lipinski definition) is 0. The first-order valence-electron chi connectivity index (χ1n) is 8.27. The lowest BCUT2D eigenvalue weighted by atomic mass is 10.1. The highest BCUT2D eigenvalue weighted by molar-refractivity contribution is 7.18. The van der Waals surface area contributed by atoms with Gasteiger partial charge in [0.25, 0.3) is 0 Å². The van der Waals surface area contributed by atoms with Gasteiger partial charge in [0, 0.05) is 29.4 Å². The Kier molecular flexibility index (Phi) is 4.48. The molecule has 0 saturated carbocycles. The highest BCUT2D eigenvalue weighted by Crippen LogP contribution is 2.38. The second kappa shape index (κ2) is 7.09. The van der Waals surface area contributed by atoms with Crippen LogP contribution in [0.3, 0.4) is 0 Å². The minimum absolute atomic E-state index is 0.638. The number of fused-ring (bicyclic) bond motifs is 1. The topological polar surface area (TPSA) is 64.2 Å². The highest BCUT2D eigenvalue weighted by Gasteiger charge is 2.18. The van der Waals surface area contributed by atoms with E-state index in [9.17, 15) is 0 Å². The van der Waals surface area contributed by atoms with Crippen LogP contribution in [0.25, 0.3) is 37.8 Å². The van der Waals surface area contributed by atoms with Crippen LogP contribution in [0, 0.1) is 6.92 Å². The number of aromatic nitrogens is 3. The van der Waals surface area contributed by atoms with Crippen molar-refractivity contribution in [3.8, 4) is 21.1 Å². The van der Waals surface area contributed by atoms with E-state index in [1.165, 1.54) is 0 Å². The summed E-state index contributed by atoms with van der Waals surface area (Å²) in [5.41, 5.74) is 4.77. The van der Waals surface area contributed by atoms with Crippen molar-refractivity contribution in [3.63, 3.8) is 0 Å². The molecule has 4 aromatic rings. The van der Waals surface area contributed by atoms with Crippen molar-refractivity contribution in [3.05, 3.63) is 73.0 Å². The molecule has 0 N–H and O–H groups in total. The van der Waals surface area contributed by atoms with Gasteiger partial charge >= 0.3 is 0 Å². The van der Waals surface area contributed by atoms with Crippen LogP contribution in [-0.2, 0) is 0 Å². The summed E-state index contributed by atoms with van der Waals surface area (Å²) in [6.45, 7) is 9.35. The molecule has 4 rings (SSSR count). The van der Waals surface area contributed by atoms with Gasteiger partial charge in [0.2, 0.25) is 0 Å². The fraction of sp³-hybridized carbons (Fsp3) is 0.0476. The van der Waals surface area contributed by atoms with Gasteiger partial charge in [0.15, 0.2) is 0 Å². The van der Waals surface area contributed by atoms with E-state index in [1.54, 1.807) is 35.9 Å². The molecule has 0 aromatic carbocycles. The number of furan rings is 1. The van der Waals surface area contributed by atoms with Gasteiger partial charge in [-0.2, -0.15) is 0 Å². The molecule has 0 radical (unpaired) electrons. The van der Waals surface area contributed by atoms with Gasteiger partial charge < -0.3 is 4.42 Å². The number of aryl methyl sites for hydroxylation is 1. The van der Waals surface area contributed by atoms with Gasteiger partial charge in [-0.15, -0.1) is 11.3 Å². The second-order valence-corrected chi connectivity index (χ2v) is 6.81. The Labute approximate surface area is 160 Å². The number of thiazole rings is 1. The van der Waals surface area contributed by atoms with Gasteiger partial charge in [-0.05, 0) is 37.9 Å². The smallest absolute Gasteiger partial charge is 0.138 e. The molecule has 0 unspecified atom stereocenters. The van der Waals surface area contributed by atoms with E-state index in [0.717, 1.165) is 37.8 Å². The molecule has 6 heteroatoms.